The lowest BCUT2D eigenvalue weighted by Crippen LogP contribution is -1.81. The summed E-state index contributed by atoms with van der Waals surface area (Å²) in [5.41, 5.74) is 4.08. The summed E-state index contributed by atoms with van der Waals surface area (Å²) in [6, 6.07) is 27.8. The number of hydrogen-bond donors (Lipinski definition) is 0. The van der Waals surface area contributed by atoms with Gasteiger partial charge in [-0.25, -0.2) is 4.39 Å². The summed E-state index contributed by atoms with van der Waals surface area (Å²) in [5.74, 6) is -0.153. The Kier molecular flexibility index (Phi) is 18.3. The largest absolute Gasteiger partial charge is 0.207 e. The molecular weight excluding hydrogens is 367 g/mol. The molecule has 164 valence electrons. The van der Waals surface area contributed by atoms with E-state index in [9.17, 15) is 4.39 Å². The van der Waals surface area contributed by atoms with Crippen molar-refractivity contribution in [1.82, 2.24) is 0 Å². The van der Waals surface area contributed by atoms with Gasteiger partial charge in [0.1, 0.15) is 5.82 Å². The van der Waals surface area contributed by atoms with Gasteiger partial charge in [-0.2, -0.15) is 0 Å². The van der Waals surface area contributed by atoms with Crippen LogP contribution in [0.3, 0.4) is 0 Å². The minimum atomic E-state index is -0.153. The van der Waals surface area contributed by atoms with Crippen molar-refractivity contribution in [3.05, 3.63) is 107 Å². The van der Waals surface area contributed by atoms with E-state index in [1.165, 1.54) is 48.1 Å². The Balaban J connectivity index is 0.000000406. The Morgan fingerprint density at radius 1 is 0.533 bits per heavy atom. The molecule has 0 fully saturated rings. The van der Waals surface area contributed by atoms with Gasteiger partial charge in [0.25, 0.3) is 0 Å². The third-order valence-corrected chi connectivity index (χ3v) is 4.36. The Morgan fingerprint density at radius 3 is 1.40 bits per heavy atom. The monoisotopic (exact) mass is 408 g/mol. The van der Waals surface area contributed by atoms with E-state index < -0.39 is 0 Å². The molecule has 0 aliphatic heterocycles. The van der Waals surface area contributed by atoms with Crippen LogP contribution in [0.5, 0.6) is 0 Å². The highest BCUT2D eigenvalue weighted by Gasteiger charge is 1.90. The molecule has 3 aromatic rings. The summed E-state index contributed by atoms with van der Waals surface area (Å²) in [4.78, 5) is 0. The van der Waals surface area contributed by atoms with Gasteiger partial charge in [-0.05, 0) is 54.5 Å². The van der Waals surface area contributed by atoms with Gasteiger partial charge in [0.15, 0.2) is 0 Å². The second-order valence-corrected chi connectivity index (χ2v) is 6.80. The Labute approximate surface area is 185 Å². The smallest absolute Gasteiger partial charge is 0.123 e. The number of aryl methyl sites for hydroxylation is 3. The molecule has 0 aromatic heterocycles. The highest BCUT2D eigenvalue weighted by Crippen LogP contribution is 2.04. The molecule has 0 heterocycles. The fraction of sp³-hybridized carbons (Fsp3) is 0.379. The number of halogens is 1. The van der Waals surface area contributed by atoms with Crippen LogP contribution in [-0.4, -0.2) is 0 Å². The summed E-state index contributed by atoms with van der Waals surface area (Å²) in [6.07, 6.45) is 7.13. The summed E-state index contributed by atoms with van der Waals surface area (Å²) in [5, 5.41) is 0. The van der Waals surface area contributed by atoms with E-state index in [1.54, 1.807) is 0 Å². The topological polar surface area (TPSA) is 0 Å². The SMILES string of the molecule is CC.CCCCc1ccccc1.CCCc1ccc(F)cc1.CCc1ccccc1. The van der Waals surface area contributed by atoms with Crippen molar-refractivity contribution in [1.29, 1.82) is 0 Å². The predicted molar refractivity (Wildman–Crippen MR) is 133 cm³/mol. The van der Waals surface area contributed by atoms with Crippen molar-refractivity contribution in [2.45, 2.75) is 73.1 Å². The van der Waals surface area contributed by atoms with Crippen molar-refractivity contribution in [2.24, 2.45) is 0 Å². The molecule has 3 rings (SSSR count). The van der Waals surface area contributed by atoms with Crippen LogP contribution in [0.4, 0.5) is 4.39 Å². The summed E-state index contributed by atoms with van der Waals surface area (Å²) in [6.45, 7) is 10.5. The minimum absolute atomic E-state index is 0.153. The Bertz CT molecular complexity index is 702. The molecule has 0 unspecified atom stereocenters. The first-order valence-corrected chi connectivity index (χ1v) is 11.5. The normalized spacial score (nSPS) is 9.13. The van der Waals surface area contributed by atoms with Crippen molar-refractivity contribution in [3.8, 4) is 0 Å². The molecule has 0 N–H and O–H groups in total. The molecule has 0 nitrogen and oxygen atoms in total. The van der Waals surface area contributed by atoms with Gasteiger partial charge in [0.2, 0.25) is 0 Å². The molecule has 0 spiro atoms. The first kappa shape index (κ1) is 27.6. The van der Waals surface area contributed by atoms with Crippen molar-refractivity contribution < 1.29 is 4.39 Å². The molecule has 1 heteroatoms. The van der Waals surface area contributed by atoms with Crippen molar-refractivity contribution >= 4 is 0 Å². The van der Waals surface area contributed by atoms with E-state index >= 15 is 0 Å². The van der Waals surface area contributed by atoms with E-state index in [0.29, 0.717) is 0 Å². The molecule has 30 heavy (non-hydrogen) atoms. The van der Waals surface area contributed by atoms with E-state index in [-0.39, 0.29) is 5.82 Å². The fourth-order valence-electron chi connectivity index (χ4n) is 2.68. The average Bonchev–Trinajstić information content (AvgIpc) is 2.83. The fourth-order valence-corrected chi connectivity index (χ4v) is 2.68. The Hall–Kier alpha value is -2.41. The zero-order chi connectivity index (χ0) is 22.5. The molecule has 0 saturated carbocycles. The minimum Gasteiger partial charge on any atom is -0.207 e. The summed E-state index contributed by atoms with van der Waals surface area (Å²) >= 11 is 0. The first-order valence-electron chi connectivity index (χ1n) is 11.5. The molecule has 0 atom stereocenters. The lowest BCUT2D eigenvalue weighted by atomic mass is 10.1. The number of rotatable bonds is 6. The first-order chi connectivity index (χ1) is 14.7. The van der Waals surface area contributed by atoms with Crippen LogP contribution >= 0.6 is 0 Å². The van der Waals surface area contributed by atoms with Gasteiger partial charge < -0.3 is 0 Å². The zero-order valence-electron chi connectivity index (χ0n) is 19.7. The van der Waals surface area contributed by atoms with Gasteiger partial charge in [0, 0.05) is 0 Å². The maximum absolute atomic E-state index is 12.3. The second kappa shape index (κ2) is 19.9. The second-order valence-electron chi connectivity index (χ2n) is 6.80. The molecule has 0 amide bonds. The predicted octanol–water partition coefficient (Wildman–Crippen LogP) is 9.08. The van der Waals surface area contributed by atoms with Crippen LogP contribution in [0.15, 0.2) is 84.9 Å². The molecule has 3 aromatic carbocycles. The highest BCUT2D eigenvalue weighted by atomic mass is 19.1. The maximum atomic E-state index is 12.3. The van der Waals surface area contributed by atoms with Crippen LogP contribution in [0.2, 0.25) is 0 Å². The van der Waals surface area contributed by atoms with Gasteiger partial charge in [-0.1, -0.05) is 120 Å². The van der Waals surface area contributed by atoms with Crippen LogP contribution in [-0.2, 0) is 19.3 Å². The number of hydrogen-bond acceptors (Lipinski definition) is 0. The standard InChI is InChI=1S/C10H14.C9H11F.C8H10.C2H6/c1-2-3-7-10-8-5-4-6-9-10;1-2-3-8-4-6-9(10)7-5-8;1-2-8-6-4-3-5-7-8;1-2/h4-6,8-9H,2-3,7H2,1H3;4-7H,2-3H2,1H3;3-7H,2H2,1H3;1-2H3. The van der Waals surface area contributed by atoms with Crippen LogP contribution in [0, 0.1) is 5.82 Å². The van der Waals surface area contributed by atoms with Gasteiger partial charge in [0.05, 0.1) is 0 Å². The third-order valence-electron chi connectivity index (χ3n) is 4.36. The number of unbranched alkanes of at least 4 members (excludes halogenated alkanes) is 1. The van der Waals surface area contributed by atoms with Crippen LogP contribution < -0.4 is 0 Å². The maximum Gasteiger partial charge on any atom is 0.123 e. The lowest BCUT2D eigenvalue weighted by Gasteiger charge is -1.96. The van der Waals surface area contributed by atoms with Gasteiger partial charge in [-0.15, -0.1) is 0 Å². The molecule has 0 bridgehead atoms. The van der Waals surface area contributed by atoms with E-state index in [2.05, 4.69) is 75.4 Å². The number of benzene rings is 3. The zero-order valence-corrected chi connectivity index (χ0v) is 19.7. The lowest BCUT2D eigenvalue weighted by molar-refractivity contribution is 0.627. The average molecular weight is 409 g/mol. The molecule has 0 aliphatic rings. The quantitative estimate of drug-likeness (QED) is 0.381. The van der Waals surface area contributed by atoms with Crippen LogP contribution in [0.25, 0.3) is 0 Å². The summed E-state index contributed by atoms with van der Waals surface area (Å²) in [7, 11) is 0. The summed E-state index contributed by atoms with van der Waals surface area (Å²) < 4.78 is 12.3. The van der Waals surface area contributed by atoms with Crippen molar-refractivity contribution in [3.63, 3.8) is 0 Å². The Morgan fingerprint density at radius 2 is 1.00 bits per heavy atom. The van der Waals surface area contributed by atoms with E-state index in [0.717, 1.165) is 19.3 Å². The molecule has 0 saturated heterocycles. The molecule has 0 radical (unpaired) electrons. The van der Waals surface area contributed by atoms with E-state index in [4.69, 9.17) is 0 Å². The molecular formula is C29H41F. The van der Waals surface area contributed by atoms with Gasteiger partial charge in [-0.3, -0.25) is 0 Å². The van der Waals surface area contributed by atoms with Gasteiger partial charge >= 0.3 is 0 Å². The molecule has 0 aliphatic carbocycles. The third kappa shape index (κ3) is 14.6. The van der Waals surface area contributed by atoms with E-state index in [1.807, 2.05) is 32.0 Å². The van der Waals surface area contributed by atoms with Crippen LogP contribution in [0.1, 0.15) is 70.6 Å². The van der Waals surface area contributed by atoms with Crippen molar-refractivity contribution in [2.75, 3.05) is 0 Å². The highest BCUT2D eigenvalue weighted by molar-refractivity contribution is 5.16.